The fourth-order valence-electron chi connectivity index (χ4n) is 3.39. The van der Waals surface area contributed by atoms with Crippen LogP contribution in [0.2, 0.25) is 0 Å². The van der Waals surface area contributed by atoms with Gasteiger partial charge >= 0.3 is 0 Å². The van der Waals surface area contributed by atoms with Crippen molar-refractivity contribution in [2.45, 2.75) is 45.6 Å². The summed E-state index contributed by atoms with van der Waals surface area (Å²) in [5.74, 6) is 0.465. The molecule has 6 heteroatoms. The molecule has 6 nitrogen and oxygen atoms in total. The number of aliphatic hydroxyl groups excluding tert-OH is 1. The Kier molecular flexibility index (Phi) is 10.3. The van der Waals surface area contributed by atoms with E-state index in [4.69, 9.17) is 9.94 Å². The summed E-state index contributed by atoms with van der Waals surface area (Å²) in [4.78, 5) is 13.3. The SMILES string of the molecule is CCN(CC)CCOc1ccccc1-c1ccc([C@H](O)CCCCC(=O)NO)cc1. The molecule has 2 rings (SSSR count). The number of benzene rings is 2. The fraction of sp³-hybridized carbons (Fsp3) is 0.458. The third-order valence-corrected chi connectivity index (χ3v) is 5.31. The van der Waals surface area contributed by atoms with E-state index in [1.807, 2.05) is 48.5 Å². The van der Waals surface area contributed by atoms with Gasteiger partial charge in [-0.05, 0) is 43.1 Å². The standard InChI is InChI=1S/C24H34N2O4/c1-3-26(4-2)17-18-30-23-11-7-5-9-21(23)19-13-15-20(16-14-19)22(27)10-6-8-12-24(28)25-29/h5,7,9,11,13-16,22,27,29H,3-4,6,8,10,12,17-18H2,1-2H3,(H,25,28)/t22-/m1/s1. The molecule has 30 heavy (non-hydrogen) atoms. The number of ether oxygens (including phenoxy) is 1. The highest BCUT2D eigenvalue weighted by molar-refractivity contribution is 5.74. The van der Waals surface area contributed by atoms with Gasteiger partial charge in [-0.3, -0.25) is 10.0 Å². The van der Waals surface area contributed by atoms with Gasteiger partial charge in [0.15, 0.2) is 0 Å². The summed E-state index contributed by atoms with van der Waals surface area (Å²) >= 11 is 0. The Balaban J connectivity index is 1.95. The summed E-state index contributed by atoms with van der Waals surface area (Å²) in [5, 5.41) is 18.9. The second kappa shape index (κ2) is 13.0. The summed E-state index contributed by atoms with van der Waals surface area (Å²) in [6, 6.07) is 15.9. The number of likely N-dealkylation sites (N-methyl/N-ethyl adjacent to an activating group) is 1. The summed E-state index contributed by atoms with van der Waals surface area (Å²) in [6.07, 6.45) is 1.59. The molecule has 1 amide bonds. The highest BCUT2D eigenvalue weighted by atomic mass is 16.5. The van der Waals surface area contributed by atoms with E-state index < -0.39 is 12.0 Å². The Morgan fingerprint density at radius 3 is 2.43 bits per heavy atom. The monoisotopic (exact) mass is 414 g/mol. The lowest BCUT2D eigenvalue weighted by Gasteiger charge is -2.19. The van der Waals surface area contributed by atoms with Crippen LogP contribution in [0.15, 0.2) is 48.5 Å². The molecule has 0 unspecified atom stereocenters. The van der Waals surface area contributed by atoms with Crippen LogP contribution in [0.3, 0.4) is 0 Å². The van der Waals surface area contributed by atoms with E-state index in [-0.39, 0.29) is 6.42 Å². The van der Waals surface area contributed by atoms with Gasteiger partial charge in [-0.1, -0.05) is 62.7 Å². The van der Waals surface area contributed by atoms with Gasteiger partial charge < -0.3 is 14.7 Å². The molecule has 0 aliphatic heterocycles. The molecule has 2 aromatic carbocycles. The van der Waals surface area contributed by atoms with Crippen molar-refractivity contribution in [1.29, 1.82) is 0 Å². The molecule has 0 radical (unpaired) electrons. The number of hydrogen-bond donors (Lipinski definition) is 3. The minimum atomic E-state index is -0.572. The minimum Gasteiger partial charge on any atom is -0.492 e. The van der Waals surface area contributed by atoms with E-state index in [0.717, 1.165) is 42.1 Å². The van der Waals surface area contributed by atoms with Crippen molar-refractivity contribution in [2.75, 3.05) is 26.2 Å². The van der Waals surface area contributed by atoms with Crippen molar-refractivity contribution < 1.29 is 19.8 Å². The van der Waals surface area contributed by atoms with Crippen LogP contribution < -0.4 is 10.2 Å². The normalized spacial score (nSPS) is 12.0. The number of carbonyl (C=O) groups excluding carboxylic acids is 1. The summed E-state index contributed by atoms with van der Waals surface area (Å²) in [7, 11) is 0. The molecular formula is C24H34N2O4. The van der Waals surface area contributed by atoms with Crippen molar-refractivity contribution in [1.82, 2.24) is 10.4 Å². The van der Waals surface area contributed by atoms with Crippen molar-refractivity contribution >= 4 is 5.91 Å². The van der Waals surface area contributed by atoms with E-state index in [0.29, 0.717) is 25.9 Å². The number of unbranched alkanes of at least 4 members (excludes halogenated alkanes) is 1. The van der Waals surface area contributed by atoms with Gasteiger partial charge in [-0.15, -0.1) is 0 Å². The van der Waals surface area contributed by atoms with Gasteiger partial charge in [-0.25, -0.2) is 5.48 Å². The molecule has 0 bridgehead atoms. The Bertz CT molecular complexity index is 760. The van der Waals surface area contributed by atoms with Crippen LogP contribution in [0.25, 0.3) is 11.1 Å². The van der Waals surface area contributed by atoms with Gasteiger partial charge in [0.2, 0.25) is 5.91 Å². The number of aliphatic hydroxyl groups is 1. The lowest BCUT2D eigenvalue weighted by atomic mass is 9.98. The maximum atomic E-state index is 11.0. The number of carbonyl (C=O) groups is 1. The molecule has 0 spiro atoms. The first-order valence-electron chi connectivity index (χ1n) is 10.7. The van der Waals surface area contributed by atoms with E-state index in [1.165, 1.54) is 0 Å². The van der Waals surface area contributed by atoms with Crippen molar-refractivity contribution in [3.63, 3.8) is 0 Å². The van der Waals surface area contributed by atoms with Gasteiger partial charge in [0.25, 0.3) is 0 Å². The summed E-state index contributed by atoms with van der Waals surface area (Å²) < 4.78 is 6.06. The number of hydrogen-bond acceptors (Lipinski definition) is 5. The van der Waals surface area contributed by atoms with E-state index in [9.17, 15) is 9.90 Å². The van der Waals surface area contributed by atoms with E-state index in [2.05, 4.69) is 18.7 Å². The summed E-state index contributed by atoms with van der Waals surface area (Å²) in [5.41, 5.74) is 4.55. The number of hydroxylamine groups is 1. The van der Waals surface area contributed by atoms with Crippen molar-refractivity contribution in [3.05, 3.63) is 54.1 Å². The van der Waals surface area contributed by atoms with E-state index >= 15 is 0 Å². The largest absolute Gasteiger partial charge is 0.492 e. The predicted molar refractivity (Wildman–Crippen MR) is 119 cm³/mol. The van der Waals surface area contributed by atoms with Gasteiger partial charge in [0, 0.05) is 18.5 Å². The second-order valence-electron chi connectivity index (χ2n) is 7.29. The molecule has 2 aromatic rings. The molecule has 0 saturated heterocycles. The maximum Gasteiger partial charge on any atom is 0.243 e. The van der Waals surface area contributed by atoms with Gasteiger partial charge in [0.1, 0.15) is 12.4 Å². The highest BCUT2D eigenvalue weighted by Crippen LogP contribution is 2.31. The number of nitrogens with one attached hydrogen (secondary N) is 1. The molecule has 0 aromatic heterocycles. The van der Waals surface area contributed by atoms with Crippen LogP contribution >= 0.6 is 0 Å². The topological polar surface area (TPSA) is 82.0 Å². The van der Waals surface area contributed by atoms with Crippen LogP contribution in [0.1, 0.15) is 51.2 Å². The number of amides is 1. The Morgan fingerprint density at radius 1 is 1.07 bits per heavy atom. The third kappa shape index (κ3) is 7.44. The van der Waals surface area contributed by atoms with Crippen molar-refractivity contribution in [3.8, 4) is 16.9 Å². The van der Waals surface area contributed by atoms with Gasteiger partial charge in [-0.2, -0.15) is 0 Å². The molecule has 0 saturated carbocycles. The van der Waals surface area contributed by atoms with Crippen LogP contribution in [-0.4, -0.2) is 47.4 Å². The maximum absolute atomic E-state index is 11.0. The average Bonchev–Trinajstić information content (AvgIpc) is 2.79. The first-order valence-corrected chi connectivity index (χ1v) is 10.7. The molecule has 0 aliphatic rings. The quantitative estimate of drug-likeness (QED) is 0.260. The first-order chi connectivity index (χ1) is 14.6. The Morgan fingerprint density at radius 2 is 1.77 bits per heavy atom. The number of para-hydroxylation sites is 1. The smallest absolute Gasteiger partial charge is 0.243 e. The molecular weight excluding hydrogens is 380 g/mol. The van der Waals surface area contributed by atoms with Crippen LogP contribution in [0.5, 0.6) is 5.75 Å². The molecule has 3 N–H and O–H groups in total. The van der Waals surface area contributed by atoms with Crippen molar-refractivity contribution in [2.24, 2.45) is 0 Å². The second-order valence-corrected chi connectivity index (χ2v) is 7.29. The minimum absolute atomic E-state index is 0.257. The molecule has 1 atom stereocenters. The van der Waals surface area contributed by atoms with Crippen LogP contribution in [0.4, 0.5) is 0 Å². The predicted octanol–water partition coefficient (Wildman–Crippen LogP) is 4.17. The Labute approximate surface area is 179 Å². The molecule has 0 aliphatic carbocycles. The molecule has 0 heterocycles. The van der Waals surface area contributed by atoms with E-state index in [1.54, 1.807) is 5.48 Å². The fourth-order valence-corrected chi connectivity index (χ4v) is 3.39. The first kappa shape index (κ1) is 23.9. The summed E-state index contributed by atoms with van der Waals surface area (Å²) in [6.45, 7) is 7.87. The zero-order valence-electron chi connectivity index (χ0n) is 18.0. The number of rotatable bonds is 13. The van der Waals surface area contributed by atoms with Gasteiger partial charge in [0.05, 0.1) is 6.10 Å². The van der Waals surface area contributed by atoms with Crippen LogP contribution in [0, 0.1) is 0 Å². The average molecular weight is 415 g/mol. The highest BCUT2D eigenvalue weighted by Gasteiger charge is 2.11. The van der Waals surface area contributed by atoms with Crippen LogP contribution in [-0.2, 0) is 4.79 Å². The Hall–Kier alpha value is -2.41. The third-order valence-electron chi connectivity index (χ3n) is 5.31. The lowest BCUT2D eigenvalue weighted by molar-refractivity contribution is -0.129. The lowest BCUT2D eigenvalue weighted by Crippen LogP contribution is -2.27. The molecule has 164 valence electrons. The zero-order valence-corrected chi connectivity index (χ0v) is 18.0. The number of nitrogens with zero attached hydrogens (tertiary/aromatic N) is 1. The zero-order chi connectivity index (χ0) is 21.8. The molecule has 0 fully saturated rings.